The number of rotatable bonds is 8. The van der Waals surface area contributed by atoms with Gasteiger partial charge in [-0.15, -0.1) is 0 Å². The van der Waals surface area contributed by atoms with Gasteiger partial charge in [0.25, 0.3) is 0 Å². The molecule has 0 aromatic heterocycles. The van der Waals surface area contributed by atoms with Crippen molar-refractivity contribution in [1.82, 2.24) is 10.2 Å². The number of alkyl halides is 4. The molecule has 0 radical (unpaired) electrons. The normalized spacial score (nSPS) is 18.9. The number of alkyl carbamates (subject to hydrolysis) is 1. The Kier molecular flexibility index (Phi) is 7.91. The van der Waals surface area contributed by atoms with Crippen LogP contribution in [0.1, 0.15) is 39.2 Å². The monoisotopic (exact) mass is 448 g/mol. The number of nitrogens with one attached hydrogen (secondary N) is 1. The fraction of sp³-hybridized carbons (Fsp3) is 0.619. The van der Waals surface area contributed by atoms with Crippen molar-refractivity contribution < 1.29 is 36.6 Å². The highest BCUT2D eigenvalue weighted by atomic mass is 19.3. The maximum absolute atomic E-state index is 13.3. The van der Waals surface area contributed by atoms with E-state index in [1.807, 2.05) is 6.07 Å². The standard InChI is InChI=1S/C21H28F4N2O4/c1-19(2,3)31-17(28)16(26-18(29)30-12-15-8-5-4-6-9-15)10-7-11-27-13-20(22,23)21(24,25)14-27/h4-6,8-9,16H,7,10-14H2,1-3H3,(H,26,29)/t16-/m0/s1. The van der Waals surface area contributed by atoms with E-state index in [0.29, 0.717) is 0 Å². The molecule has 1 atom stereocenters. The van der Waals surface area contributed by atoms with Gasteiger partial charge in [-0.3, -0.25) is 4.90 Å². The number of likely N-dealkylation sites (tertiary alicyclic amines) is 1. The van der Waals surface area contributed by atoms with Gasteiger partial charge in [0, 0.05) is 0 Å². The van der Waals surface area contributed by atoms with Crippen LogP contribution >= 0.6 is 0 Å². The number of carbonyl (C=O) groups is 2. The Balaban J connectivity index is 1.90. The molecular formula is C21H28F4N2O4. The Morgan fingerprint density at radius 1 is 1.10 bits per heavy atom. The van der Waals surface area contributed by atoms with Crippen LogP contribution in [0.4, 0.5) is 22.4 Å². The van der Waals surface area contributed by atoms with Crippen molar-refractivity contribution >= 4 is 12.1 Å². The molecule has 10 heteroatoms. The first-order chi connectivity index (χ1) is 14.3. The lowest BCUT2D eigenvalue weighted by molar-refractivity contribution is -0.172. The van der Waals surface area contributed by atoms with E-state index >= 15 is 0 Å². The first-order valence-electron chi connectivity index (χ1n) is 9.97. The summed E-state index contributed by atoms with van der Waals surface area (Å²) in [5, 5.41) is 2.42. The molecule has 1 aliphatic rings. The van der Waals surface area contributed by atoms with E-state index in [-0.39, 0.29) is 26.0 Å². The van der Waals surface area contributed by atoms with Crippen LogP contribution in [-0.2, 0) is 20.9 Å². The van der Waals surface area contributed by atoms with Crippen LogP contribution in [0.2, 0.25) is 0 Å². The third-order valence-corrected chi connectivity index (χ3v) is 4.54. The zero-order valence-electron chi connectivity index (χ0n) is 17.8. The fourth-order valence-electron chi connectivity index (χ4n) is 3.05. The van der Waals surface area contributed by atoms with Crippen LogP contribution in [0.3, 0.4) is 0 Å². The summed E-state index contributed by atoms with van der Waals surface area (Å²) in [5.41, 5.74) is -0.0633. The Labute approximate surface area is 178 Å². The molecule has 6 nitrogen and oxygen atoms in total. The van der Waals surface area contributed by atoms with Crippen LogP contribution < -0.4 is 5.32 Å². The van der Waals surface area contributed by atoms with Crippen molar-refractivity contribution in [3.8, 4) is 0 Å². The number of benzene rings is 1. The Morgan fingerprint density at radius 2 is 1.68 bits per heavy atom. The molecule has 1 saturated heterocycles. The van der Waals surface area contributed by atoms with Gasteiger partial charge in [0.15, 0.2) is 0 Å². The molecule has 2 rings (SSSR count). The van der Waals surface area contributed by atoms with Gasteiger partial charge in [-0.25, -0.2) is 9.59 Å². The summed E-state index contributed by atoms with van der Waals surface area (Å²) in [6.45, 7) is 2.78. The lowest BCUT2D eigenvalue weighted by atomic mass is 10.1. The molecule has 1 aromatic rings. The quantitative estimate of drug-likeness (QED) is 0.481. The van der Waals surface area contributed by atoms with E-state index in [4.69, 9.17) is 9.47 Å². The minimum absolute atomic E-state index is 0.00828. The van der Waals surface area contributed by atoms with E-state index in [0.717, 1.165) is 10.5 Å². The van der Waals surface area contributed by atoms with E-state index < -0.39 is 48.6 Å². The highest BCUT2D eigenvalue weighted by Gasteiger charge is 2.62. The molecule has 1 amide bonds. The second-order valence-electron chi connectivity index (χ2n) is 8.55. The average Bonchev–Trinajstić information content (AvgIpc) is 2.85. The zero-order valence-corrected chi connectivity index (χ0v) is 17.8. The van der Waals surface area contributed by atoms with E-state index in [9.17, 15) is 27.2 Å². The molecule has 174 valence electrons. The van der Waals surface area contributed by atoms with E-state index in [2.05, 4.69) is 5.32 Å². The van der Waals surface area contributed by atoms with Crippen molar-refractivity contribution in [1.29, 1.82) is 0 Å². The van der Waals surface area contributed by atoms with Gasteiger partial charge >= 0.3 is 23.9 Å². The molecule has 0 aliphatic carbocycles. The summed E-state index contributed by atoms with van der Waals surface area (Å²) in [5.74, 6) is -8.89. The van der Waals surface area contributed by atoms with Crippen molar-refractivity contribution in [2.24, 2.45) is 0 Å². The highest BCUT2D eigenvalue weighted by Crippen LogP contribution is 2.40. The first-order valence-corrected chi connectivity index (χ1v) is 9.97. The molecule has 1 N–H and O–H groups in total. The number of nitrogens with zero attached hydrogens (tertiary/aromatic N) is 1. The molecule has 0 spiro atoms. The number of carbonyl (C=O) groups excluding carboxylic acids is 2. The number of ether oxygens (including phenoxy) is 2. The lowest BCUT2D eigenvalue weighted by Gasteiger charge is -2.25. The van der Waals surface area contributed by atoms with Gasteiger partial charge in [-0.2, -0.15) is 17.6 Å². The van der Waals surface area contributed by atoms with Crippen molar-refractivity contribution in [2.75, 3.05) is 19.6 Å². The minimum Gasteiger partial charge on any atom is -0.458 e. The minimum atomic E-state index is -4.09. The third kappa shape index (κ3) is 7.68. The predicted octanol–water partition coefficient (Wildman–Crippen LogP) is 3.99. The zero-order chi connectivity index (χ0) is 23.3. The lowest BCUT2D eigenvalue weighted by Crippen LogP contribution is -2.44. The molecule has 31 heavy (non-hydrogen) atoms. The Bertz CT molecular complexity index is 737. The topological polar surface area (TPSA) is 67.9 Å². The van der Waals surface area contributed by atoms with Gasteiger partial charge in [-0.1, -0.05) is 30.3 Å². The summed E-state index contributed by atoms with van der Waals surface area (Å²) in [6.07, 6.45) is -0.711. The van der Waals surface area contributed by atoms with Crippen LogP contribution in [0.25, 0.3) is 0 Å². The van der Waals surface area contributed by atoms with Gasteiger partial charge in [0.1, 0.15) is 18.2 Å². The maximum Gasteiger partial charge on any atom is 0.408 e. The molecule has 0 unspecified atom stereocenters. The molecule has 1 fully saturated rings. The SMILES string of the molecule is CC(C)(C)OC(=O)[C@H](CCCN1CC(F)(F)C(F)(F)C1)NC(=O)OCc1ccccc1. The van der Waals surface area contributed by atoms with Gasteiger partial charge < -0.3 is 14.8 Å². The molecule has 1 aliphatic heterocycles. The summed E-state index contributed by atoms with van der Waals surface area (Å²) >= 11 is 0. The Morgan fingerprint density at radius 3 is 2.23 bits per heavy atom. The highest BCUT2D eigenvalue weighted by molar-refractivity contribution is 5.81. The largest absolute Gasteiger partial charge is 0.458 e. The van der Waals surface area contributed by atoms with Gasteiger partial charge in [-0.05, 0) is 45.7 Å². The van der Waals surface area contributed by atoms with E-state index in [1.165, 1.54) is 0 Å². The summed E-state index contributed by atoms with van der Waals surface area (Å²) in [4.78, 5) is 25.5. The molecule has 1 heterocycles. The average molecular weight is 448 g/mol. The van der Waals surface area contributed by atoms with Crippen LogP contribution in [0, 0.1) is 0 Å². The molecule has 1 aromatic carbocycles. The third-order valence-electron chi connectivity index (χ3n) is 4.54. The first kappa shape index (κ1) is 24.9. The van der Waals surface area contributed by atoms with Crippen LogP contribution in [0.15, 0.2) is 30.3 Å². The summed E-state index contributed by atoms with van der Waals surface area (Å²) in [7, 11) is 0. The van der Waals surface area contributed by atoms with E-state index in [1.54, 1.807) is 45.0 Å². The molecule has 0 saturated carbocycles. The Hall–Kier alpha value is -2.36. The summed E-state index contributed by atoms with van der Waals surface area (Å²) in [6, 6.07) is 7.80. The number of amides is 1. The predicted molar refractivity (Wildman–Crippen MR) is 105 cm³/mol. The van der Waals surface area contributed by atoms with Gasteiger partial charge in [0.2, 0.25) is 0 Å². The molecule has 0 bridgehead atoms. The van der Waals surface area contributed by atoms with Crippen molar-refractivity contribution in [2.45, 2.75) is 63.7 Å². The van der Waals surface area contributed by atoms with Crippen LogP contribution in [-0.4, -0.2) is 60.1 Å². The number of hydrogen-bond acceptors (Lipinski definition) is 5. The fourth-order valence-corrected chi connectivity index (χ4v) is 3.05. The second kappa shape index (κ2) is 9.84. The van der Waals surface area contributed by atoms with Crippen molar-refractivity contribution in [3.05, 3.63) is 35.9 Å². The van der Waals surface area contributed by atoms with Crippen molar-refractivity contribution in [3.63, 3.8) is 0 Å². The summed E-state index contributed by atoms with van der Waals surface area (Å²) < 4.78 is 63.7. The van der Waals surface area contributed by atoms with Gasteiger partial charge in [0.05, 0.1) is 13.1 Å². The molecular weight excluding hydrogens is 420 g/mol. The number of hydrogen-bond donors (Lipinski definition) is 1. The smallest absolute Gasteiger partial charge is 0.408 e. The maximum atomic E-state index is 13.3. The van der Waals surface area contributed by atoms with Crippen LogP contribution in [0.5, 0.6) is 0 Å². The number of esters is 1. The number of halogens is 4. The second-order valence-corrected chi connectivity index (χ2v) is 8.55.